The molecule has 1 aromatic carbocycles. The van der Waals surface area contributed by atoms with Gasteiger partial charge in [0.15, 0.2) is 5.16 Å². The Hall–Kier alpha value is -2.61. The Morgan fingerprint density at radius 1 is 1.24 bits per heavy atom. The van der Waals surface area contributed by atoms with E-state index < -0.39 is 0 Å². The lowest BCUT2D eigenvalue weighted by atomic mass is 10.1. The number of H-pyrrole nitrogens is 1. The lowest BCUT2D eigenvalue weighted by molar-refractivity contribution is -0.131. The number of amides is 2. The molecule has 0 aliphatic heterocycles. The van der Waals surface area contributed by atoms with Gasteiger partial charge < -0.3 is 15.2 Å². The number of nitrogens with zero attached hydrogens (tertiary/aromatic N) is 2. The second-order valence-corrected chi connectivity index (χ2v) is 6.56. The van der Waals surface area contributed by atoms with E-state index in [1.165, 1.54) is 17.2 Å². The molecule has 0 unspecified atom stereocenters. The first-order chi connectivity index (χ1) is 11.9. The van der Waals surface area contributed by atoms with Crippen molar-refractivity contribution in [3.63, 3.8) is 0 Å². The van der Waals surface area contributed by atoms with E-state index in [9.17, 15) is 14.4 Å². The topological polar surface area (TPSA) is 95.2 Å². The fraction of sp³-hybridized carbons (Fsp3) is 0.294. The van der Waals surface area contributed by atoms with Crippen molar-refractivity contribution in [3.05, 3.63) is 51.9 Å². The van der Waals surface area contributed by atoms with Gasteiger partial charge in [0.25, 0.3) is 5.56 Å². The second kappa shape index (κ2) is 8.48. The van der Waals surface area contributed by atoms with Crippen LogP contribution in [-0.4, -0.2) is 46.0 Å². The summed E-state index contributed by atoms with van der Waals surface area (Å²) >= 11 is 1.12. The molecule has 0 saturated carbocycles. The van der Waals surface area contributed by atoms with Crippen LogP contribution in [0.25, 0.3) is 0 Å². The number of para-hydroxylation sites is 1. The van der Waals surface area contributed by atoms with Crippen molar-refractivity contribution in [1.29, 1.82) is 0 Å². The van der Waals surface area contributed by atoms with Gasteiger partial charge in [-0.3, -0.25) is 14.4 Å². The molecule has 0 radical (unpaired) electrons. The predicted octanol–water partition coefficient (Wildman–Crippen LogP) is 1.58. The van der Waals surface area contributed by atoms with Gasteiger partial charge in [0.2, 0.25) is 11.8 Å². The van der Waals surface area contributed by atoms with E-state index in [1.807, 2.05) is 32.0 Å². The van der Waals surface area contributed by atoms with Crippen LogP contribution in [0.1, 0.15) is 11.1 Å². The Balaban J connectivity index is 1.88. The molecule has 0 atom stereocenters. The van der Waals surface area contributed by atoms with E-state index in [1.54, 1.807) is 7.05 Å². The third-order valence-electron chi connectivity index (χ3n) is 3.53. The van der Waals surface area contributed by atoms with Crippen LogP contribution in [0.3, 0.4) is 0 Å². The van der Waals surface area contributed by atoms with Gasteiger partial charge in [-0.2, -0.15) is 0 Å². The molecule has 2 N–H and O–H groups in total. The molecule has 7 nitrogen and oxygen atoms in total. The molecule has 2 rings (SSSR count). The molecular weight excluding hydrogens is 340 g/mol. The summed E-state index contributed by atoms with van der Waals surface area (Å²) in [7, 11) is 1.56. The van der Waals surface area contributed by atoms with Crippen molar-refractivity contribution in [2.24, 2.45) is 0 Å². The standard InChI is InChI=1S/C17H20N4O3S/c1-11-5-4-6-12(2)16(11)19-14(23)9-21(3)15(24)10-25-17-18-8-7-13(22)20-17/h4-8H,9-10H2,1-3H3,(H,19,23)(H,18,20,22). The summed E-state index contributed by atoms with van der Waals surface area (Å²) in [4.78, 5) is 43.3. The number of aryl methyl sites for hydroxylation is 2. The van der Waals surface area contributed by atoms with Gasteiger partial charge in [-0.15, -0.1) is 0 Å². The largest absolute Gasteiger partial charge is 0.336 e. The maximum atomic E-state index is 12.2. The highest BCUT2D eigenvalue weighted by molar-refractivity contribution is 7.99. The number of rotatable bonds is 6. The zero-order chi connectivity index (χ0) is 18.4. The SMILES string of the molecule is Cc1cccc(C)c1NC(=O)CN(C)C(=O)CSc1nccc(=O)[nH]1. The molecule has 1 aromatic heterocycles. The van der Waals surface area contributed by atoms with Gasteiger partial charge in [-0.25, -0.2) is 4.98 Å². The molecule has 0 bridgehead atoms. The number of thioether (sulfide) groups is 1. The monoisotopic (exact) mass is 360 g/mol. The predicted molar refractivity (Wildman–Crippen MR) is 97.8 cm³/mol. The Kier molecular flexibility index (Phi) is 6.35. The van der Waals surface area contributed by atoms with E-state index in [0.717, 1.165) is 28.6 Å². The highest BCUT2D eigenvalue weighted by Gasteiger charge is 2.15. The van der Waals surface area contributed by atoms with Gasteiger partial charge in [-0.1, -0.05) is 30.0 Å². The number of hydrogen-bond donors (Lipinski definition) is 2. The number of hydrogen-bond acceptors (Lipinski definition) is 5. The average molecular weight is 360 g/mol. The number of aromatic nitrogens is 2. The summed E-state index contributed by atoms with van der Waals surface area (Å²) in [6.45, 7) is 3.79. The second-order valence-electron chi connectivity index (χ2n) is 5.59. The van der Waals surface area contributed by atoms with E-state index in [0.29, 0.717) is 5.16 Å². The molecule has 25 heavy (non-hydrogen) atoms. The molecule has 0 saturated heterocycles. The smallest absolute Gasteiger partial charge is 0.251 e. The van der Waals surface area contributed by atoms with Gasteiger partial charge >= 0.3 is 0 Å². The van der Waals surface area contributed by atoms with Crippen LogP contribution in [0.2, 0.25) is 0 Å². The third-order valence-corrected chi connectivity index (χ3v) is 4.40. The summed E-state index contributed by atoms with van der Waals surface area (Å²) in [5.74, 6) is -0.405. The van der Waals surface area contributed by atoms with Crippen LogP contribution in [0.5, 0.6) is 0 Å². The quantitative estimate of drug-likeness (QED) is 0.602. The van der Waals surface area contributed by atoms with Crippen molar-refractivity contribution in [1.82, 2.24) is 14.9 Å². The van der Waals surface area contributed by atoms with Gasteiger partial charge in [0.1, 0.15) is 0 Å². The van der Waals surface area contributed by atoms with Crippen molar-refractivity contribution in [3.8, 4) is 0 Å². The van der Waals surface area contributed by atoms with Crippen LogP contribution in [0, 0.1) is 13.8 Å². The highest BCUT2D eigenvalue weighted by atomic mass is 32.2. The zero-order valence-corrected chi connectivity index (χ0v) is 15.1. The van der Waals surface area contributed by atoms with Crippen LogP contribution >= 0.6 is 11.8 Å². The number of benzene rings is 1. The normalized spacial score (nSPS) is 10.4. The molecule has 132 valence electrons. The number of nitrogens with one attached hydrogen (secondary N) is 2. The molecule has 1 heterocycles. The van der Waals surface area contributed by atoms with Crippen molar-refractivity contribution in [2.75, 3.05) is 24.7 Å². The molecular formula is C17H20N4O3S. The Bertz CT molecular complexity index is 814. The third kappa shape index (κ3) is 5.46. The molecule has 0 fully saturated rings. The van der Waals surface area contributed by atoms with Gasteiger partial charge in [0.05, 0.1) is 12.3 Å². The van der Waals surface area contributed by atoms with E-state index in [-0.39, 0.29) is 29.7 Å². The zero-order valence-electron chi connectivity index (χ0n) is 14.3. The molecule has 2 aromatic rings. The van der Waals surface area contributed by atoms with Crippen LogP contribution in [0.4, 0.5) is 5.69 Å². The van der Waals surface area contributed by atoms with E-state index in [2.05, 4.69) is 15.3 Å². The number of likely N-dealkylation sites (N-methyl/N-ethyl adjacent to an activating group) is 1. The van der Waals surface area contributed by atoms with E-state index in [4.69, 9.17) is 0 Å². The Labute approximate surface area is 149 Å². The van der Waals surface area contributed by atoms with Crippen molar-refractivity contribution in [2.45, 2.75) is 19.0 Å². The fourth-order valence-corrected chi connectivity index (χ4v) is 2.95. The number of anilines is 1. The summed E-state index contributed by atoms with van der Waals surface area (Å²) in [6, 6.07) is 7.06. The maximum Gasteiger partial charge on any atom is 0.251 e. The minimum Gasteiger partial charge on any atom is -0.336 e. The lowest BCUT2D eigenvalue weighted by Crippen LogP contribution is -2.36. The first kappa shape index (κ1) is 18.7. The minimum atomic E-state index is -0.272. The van der Waals surface area contributed by atoms with E-state index >= 15 is 0 Å². The molecule has 8 heteroatoms. The van der Waals surface area contributed by atoms with Crippen molar-refractivity contribution < 1.29 is 9.59 Å². The summed E-state index contributed by atoms with van der Waals surface area (Å²) in [5, 5.41) is 3.22. The molecule has 0 spiro atoms. The van der Waals surface area contributed by atoms with Crippen LogP contribution < -0.4 is 10.9 Å². The maximum absolute atomic E-state index is 12.2. The summed E-state index contributed by atoms with van der Waals surface area (Å²) < 4.78 is 0. The molecule has 2 amide bonds. The number of aromatic amines is 1. The highest BCUT2D eigenvalue weighted by Crippen LogP contribution is 2.19. The first-order valence-electron chi connectivity index (χ1n) is 7.65. The van der Waals surface area contributed by atoms with Crippen LogP contribution in [0.15, 0.2) is 40.4 Å². The lowest BCUT2D eigenvalue weighted by Gasteiger charge is -2.18. The van der Waals surface area contributed by atoms with Gasteiger partial charge in [0, 0.05) is 25.0 Å². The fourth-order valence-electron chi connectivity index (χ4n) is 2.16. The van der Waals surface area contributed by atoms with Gasteiger partial charge in [-0.05, 0) is 25.0 Å². The van der Waals surface area contributed by atoms with Crippen molar-refractivity contribution >= 4 is 29.3 Å². The average Bonchev–Trinajstić information content (AvgIpc) is 2.56. The first-order valence-corrected chi connectivity index (χ1v) is 8.63. The Morgan fingerprint density at radius 3 is 2.56 bits per heavy atom. The Morgan fingerprint density at radius 2 is 1.92 bits per heavy atom. The molecule has 0 aliphatic rings. The summed E-state index contributed by atoms with van der Waals surface area (Å²) in [6.07, 6.45) is 1.38. The molecule has 0 aliphatic carbocycles. The van der Waals surface area contributed by atoms with Crippen LogP contribution in [-0.2, 0) is 9.59 Å². The number of carbonyl (C=O) groups excluding carboxylic acids is 2. The number of carbonyl (C=O) groups is 2. The summed E-state index contributed by atoms with van der Waals surface area (Å²) in [5.41, 5.74) is 2.44. The minimum absolute atomic E-state index is 0.0497.